The van der Waals surface area contributed by atoms with E-state index in [4.69, 9.17) is 0 Å². The van der Waals surface area contributed by atoms with E-state index in [0.29, 0.717) is 18.5 Å². The van der Waals surface area contributed by atoms with Crippen LogP contribution in [0.25, 0.3) is 0 Å². The third-order valence-electron chi connectivity index (χ3n) is 2.00. The highest BCUT2D eigenvalue weighted by atomic mass is 19.3. The van der Waals surface area contributed by atoms with Crippen LogP contribution in [0.1, 0.15) is 13.3 Å². The van der Waals surface area contributed by atoms with Gasteiger partial charge in [0.15, 0.2) is 0 Å². The summed E-state index contributed by atoms with van der Waals surface area (Å²) >= 11 is 0. The number of nitrogens with zero attached hydrogens (tertiary/aromatic N) is 1. The van der Waals surface area contributed by atoms with E-state index in [-0.39, 0.29) is 6.04 Å². The summed E-state index contributed by atoms with van der Waals surface area (Å²) in [6.07, 6.45) is -0.963. The van der Waals surface area contributed by atoms with Crippen molar-refractivity contribution < 1.29 is 8.78 Å². The molecule has 1 saturated heterocycles. The van der Waals surface area contributed by atoms with Gasteiger partial charge in [-0.1, -0.05) is 0 Å². The van der Waals surface area contributed by atoms with Crippen molar-refractivity contribution in [2.45, 2.75) is 19.4 Å². The third kappa shape index (κ3) is 1.34. The van der Waals surface area contributed by atoms with E-state index in [9.17, 15) is 8.78 Å². The second-order valence-electron chi connectivity index (χ2n) is 2.83. The van der Waals surface area contributed by atoms with Gasteiger partial charge in [0.25, 0.3) is 6.08 Å². The minimum absolute atomic E-state index is 0.275. The van der Waals surface area contributed by atoms with Crippen LogP contribution in [-0.2, 0) is 0 Å². The zero-order valence-electron chi connectivity index (χ0n) is 6.19. The van der Waals surface area contributed by atoms with Crippen molar-refractivity contribution >= 4 is 0 Å². The van der Waals surface area contributed by atoms with Gasteiger partial charge in [0.1, 0.15) is 0 Å². The maximum atomic E-state index is 11.9. The summed E-state index contributed by atoms with van der Waals surface area (Å²) < 4.78 is 23.9. The Morgan fingerprint density at radius 3 is 2.40 bits per heavy atom. The molecule has 1 unspecified atom stereocenters. The minimum Gasteiger partial charge on any atom is -0.299 e. The van der Waals surface area contributed by atoms with Crippen molar-refractivity contribution in [2.75, 3.05) is 13.6 Å². The van der Waals surface area contributed by atoms with Crippen molar-refractivity contribution in [1.82, 2.24) is 4.90 Å². The van der Waals surface area contributed by atoms with Crippen LogP contribution in [-0.4, -0.2) is 24.5 Å². The summed E-state index contributed by atoms with van der Waals surface area (Å²) in [5.41, 5.74) is 0.301. The normalized spacial score (nSPS) is 27.6. The monoisotopic (exact) mass is 147 g/mol. The molecule has 1 atom stereocenters. The Bertz CT molecular complexity index is 149. The highest BCUT2D eigenvalue weighted by Crippen LogP contribution is 2.24. The van der Waals surface area contributed by atoms with Crippen LogP contribution in [0.3, 0.4) is 0 Å². The van der Waals surface area contributed by atoms with Crippen molar-refractivity contribution in [3.63, 3.8) is 0 Å². The van der Waals surface area contributed by atoms with Crippen LogP contribution in [0.2, 0.25) is 0 Å². The summed E-state index contributed by atoms with van der Waals surface area (Å²) in [6, 6.07) is 0.275. The largest absolute Gasteiger partial charge is 0.299 e. The molecule has 3 heteroatoms. The number of likely N-dealkylation sites (tertiary alicyclic amines) is 1. The third-order valence-corrected chi connectivity index (χ3v) is 2.00. The Morgan fingerprint density at radius 1 is 1.60 bits per heavy atom. The molecule has 10 heavy (non-hydrogen) atoms. The standard InChI is InChI=1S/C7H11F2N/c1-5-3-6(7(8)9)4-10(5)2/h5H,3-4H2,1-2H3. The van der Waals surface area contributed by atoms with E-state index >= 15 is 0 Å². The van der Waals surface area contributed by atoms with Crippen LogP contribution in [0.15, 0.2) is 11.7 Å². The molecule has 0 aromatic heterocycles. The predicted molar refractivity (Wildman–Crippen MR) is 36.0 cm³/mol. The van der Waals surface area contributed by atoms with Crippen LogP contribution in [0.4, 0.5) is 8.78 Å². The minimum atomic E-state index is -1.49. The van der Waals surface area contributed by atoms with Crippen molar-refractivity contribution in [2.24, 2.45) is 0 Å². The molecule has 1 fully saturated rings. The Kier molecular flexibility index (Phi) is 2.04. The molecule has 0 aromatic rings. The summed E-state index contributed by atoms with van der Waals surface area (Å²) in [5, 5.41) is 0. The quantitative estimate of drug-likeness (QED) is 0.505. The molecule has 0 aliphatic carbocycles. The fourth-order valence-electron chi connectivity index (χ4n) is 1.17. The van der Waals surface area contributed by atoms with Gasteiger partial charge in [-0.05, 0) is 20.4 Å². The molecule has 0 saturated carbocycles. The topological polar surface area (TPSA) is 3.24 Å². The van der Waals surface area contributed by atoms with Crippen LogP contribution in [0, 0.1) is 0 Å². The van der Waals surface area contributed by atoms with Gasteiger partial charge in [-0.3, -0.25) is 4.90 Å². The van der Waals surface area contributed by atoms with E-state index in [2.05, 4.69) is 0 Å². The molecule has 0 spiro atoms. The van der Waals surface area contributed by atoms with Gasteiger partial charge in [0.2, 0.25) is 0 Å². The average Bonchev–Trinajstić information content (AvgIpc) is 2.13. The van der Waals surface area contributed by atoms with Gasteiger partial charge in [-0.15, -0.1) is 0 Å². The predicted octanol–water partition coefficient (Wildman–Crippen LogP) is 1.86. The Hall–Kier alpha value is -0.440. The number of rotatable bonds is 0. The molecule has 1 heterocycles. The van der Waals surface area contributed by atoms with E-state index in [1.165, 1.54) is 0 Å². The molecule has 1 aliphatic heterocycles. The van der Waals surface area contributed by atoms with Crippen LogP contribution < -0.4 is 0 Å². The highest BCUT2D eigenvalue weighted by molar-refractivity contribution is 5.11. The molecule has 58 valence electrons. The first-order valence-corrected chi connectivity index (χ1v) is 3.34. The lowest BCUT2D eigenvalue weighted by Gasteiger charge is -2.11. The first-order valence-electron chi connectivity index (χ1n) is 3.34. The second kappa shape index (κ2) is 2.66. The fourth-order valence-corrected chi connectivity index (χ4v) is 1.17. The molecule has 0 N–H and O–H groups in total. The number of hydrogen-bond donors (Lipinski definition) is 0. The molecule has 1 nitrogen and oxygen atoms in total. The molecule has 1 rings (SSSR count). The maximum Gasteiger partial charge on any atom is 0.270 e. The van der Waals surface area contributed by atoms with Gasteiger partial charge >= 0.3 is 0 Å². The molecular formula is C7H11F2N. The zero-order chi connectivity index (χ0) is 7.72. The summed E-state index contributed by atoms with van der Waals surface area (Å²) in [5.74, 6) is 0. The van der Waals surface area contributed by atoms with E-state index in [1.54, 1.807) is 0 Å². The van der Waals surface area contributed by atoms with Crippen molar-refractivity contribution in [1.29, 1.82) is 0 Å². The summed E-state index contributed by atoms with van der Waals surface area (Å²) in [4.78, 5) is 1.93. The molecule has 0 radical (unpaired) electrons. The Balaban J connectivity index is 2.66. The van der Waals surface area contributed by atoms with Gasteiger partial charge in [0.05, 0.1) is 0 Å². The van der Waals surface area contributed by atoms with Gasteiger partial charge in [0, 0.05) is 18.2 Å². The van der Waals surface area contributed by atoms with Crippen LogP contribution in [0.5, 0.6) is 0 Å². The Morgan fingerprint density at radius 2 is 2.20 bits per heavy atom. The van der Waals surface area contributed by atoms with Crippen molar-refractivity contribution in [3.05, 3.63) is 11.7 Å². The molecular weight excluding hydrogens is 136 g/mol. The lowest BCUT2D eigenvalue weighted by Crippen LogP contribution is -2.20. The SMILES string of the molecule is CC1CC(=C(F)F)CN1C. The molecule has 0 aromatic carbocycles. The first kappa shape index (κ1) is 7.66. The lowest BCUT2D eigenvalue weighted by molar-refractivity contribution is 0.331. The Labute approximate surface area is 59.3 Å². The first-order chi connectivity index (χ1) is 4.61. The van der Waals surface area contributed by atoms with Gasteiger partial charge < -0.3 is 0 Å². The summed E-state index contributed by atoms with van der Waals surface area (Å²) in [7, 11) is 1.86. The summed E-state index contributed by atoms with van der Waals surface area (Å²) in [6.45, 7) is 2.39. The molecule has 0 bridgehead atoms. The van der Waals surface area contributed by atoms with Crippen molar-refractivity contribution in [3.8, 4) is 0 Å². The smallest absolute Gasteiger partial charge is 0.270 e. The second-order valence-corrected chi connectivity index (χ2v) is 2.83. The zero-order valence-corrected chi connectivity index (χ0v) is 6.19. The van der Waals surface area contributed by atoms with Gasteiger partial charge in [-0.25, -0.2) is 0 Å². The fraction of sp³-hybridized carbons (Fsp3) is 0.714. The maximum absolute atomic E-state index is 11.9. The van der Waals surface area contributed by atoms with Gasteiger partial charge in [-0.2, -0.15) is 8.78 Å². The lowest BCUT2D eigenvalue weighted by atomic mass is 10.2. The number of likely N-dealkylation sites (N-methyl/N-ethyl adjacent to an activating group) is 1. The average molecular weight is 147 g/mol. The van der Waals surface area contributed by atoms with E-state index in [0.717, 1.165) is 0 Å². The highest BCUT2D eigenvalue weighted by Gasteiger charge is 2.23. The van der Waals surface area contributed by atoms with E-state index in [1.807, 2.05) is 18.9 Å². The number of halogens is 2. The van der Waals surface area contributed by atoms with Crippen LogP contribution >= 0.6 is 0 Å². The molecule has 1 aliphatic rings. The van der Waals surface area contributed by atoms with E-state index < -0.39 is 6.08 Å². The number of hydrogen-bond acceptors (Lipinski definition) is 1. The molecule has 0 amide bonds.